The van der Waals surface area contributed by atoms with Crippen molar-refractivity contribution in [3.8, 4) is 0 Å². The number of carboxylic acids is 1. The Hall–Kier alpha value is -4.93. The third-order valence-corrected chi connectivity index (χ3v) is 11.3. The molecule has 0 aliphatic carbocycles. The zero-order chi connectivity index (χ0) is 51.0. The van der Waals surface area contributed by atoms with Crippen molar-refractivity contribution in [3.05, 3.63) is 0 Å². The lowest BCUT2D eigenvalue weighted by Crippen LogP contribution is -2.61. The van der Waals surface area contributed by atoms with Gasteiger partial charge in [-0.05, 0) is 114 Å². The summed E-state index contributed by atoms with van der Waals surface area (Å²) in [6, 6.07) is -10.1. The Morgan fingerprint density at radius 1 is 0.522 bits per heavy atom. The predicted molar refractivity (Wildman–Crippen MR) is 251 cm³/mol. The van der Waals surface area contributed by atoms with E-state index < -0.39 is 114 Å². The molecule has 1 heterocycles. The van der Waals surface area contributed by atoms with E-state index >= 15 is 0 Å². The fraction of sp³-hybridized carbons (Fsp3) is 0.800. The van der Waals surface area contributed by atoms with Gasteiger partial charge in [-0.15, -0.1) is 0 Å². The summed E-state index contributed by atoms with van der Waals surface area (Å²) in [6.07, 6.45) is 3.92. The third-order valence-electron chi connectivity index (χ3n) is 11.3. The molecule has 1 aliphatic heterocycles. The van der Waals surface area contributed by atoms with E-state index in [0.717, 1.165) is 6.42 Å². The molecule has 15 N–H and O–H groups in total. The fourth-order valence-corrected chi connectivity index (χ4v) is 7.34. The highest BCUT2D eigenvalue weighted by molar-refractivity contribution is 5.98. The van der Waals surface area contributed by atoms with E-state index in [-0.39, 0.29) is 49.3 Å². The van der Waals surface area contributed by atoms with Crippen LogP contribution in [0, 0.1) is 23.7 Å². The molecule has 22 nitrogen and oxygen atoms in total. The van der Waals surface area contributed by atoms with Crippen molar-refractivity contribution in [1.29, 1.82) is 0 Å². The smallest absolute Gasteiger partial charge is 0.326 e. The lowest BCUT2D eigenvalue weighted by Gasteiger charge is -2.29. The zero-order valence-electron chi connectivity index (χ0n) is 41.1. The van der Waals surface area contributed by atoms with Crippen LogP contribution in [0.15, 0.2) is 0 Å². The van der Waals surface area contributed by atoms with Crippen molar-refractivity contribution in [1.82, 2.24) is 47.9 Å². The Kier molecular flexibility index (Phi) is 28.0. The Labute approximate surface area is 395 Å². The summed E-state index contributed by atoms with van der Waals surface area (Å²) in [7, 11) is 0. The summed E-state index contributed by atoms with van der Waals surface area (Å²) in [5, 5.41) is 43.8. The van der Waals surface area contributed by atoms with Crippen LogP contribution >= 0.6 is 0 Å². The first kappa shape index (κ1) is 60.1. The van der Waals surface area contributed by atoms with Crippen molar-refractivity contribution >= 4 is 53.2 Å². The second-order valence-corrected chi connectivity index (χ2v) is 19.0. The minimum Gasteiger partial charge on any atom is -0.480 e. The van der Waals surface area contributed by atoms with Crippen molar-refractivity contribution in [2.45, 2.75) is 181 Å². The normalized spacial score (nSPS) is 17.3. The van der Waals surface area contributed by atoms with E-state index in [2.05, 4.69) is 47.9 Å². The average Bonchev–Trinajstić information content (AvgIpc) is 3.80. The average molecular weight is 954 g/mol. The van der Waals surface area contributed by atoms with Gasteiger partial charge in [0.15, 0.2) is 0 Å². The Bertz CT molecular complexity index is 1620. The van der Waals surface area contributed by atoms with Gasteiger partial charge < -0.3 is 69.5 Å². The number of aliphatic hydroxyl groups excluding tert-OH is 1. The number of aliphatic hydroxyl groups is 1. The maximum absolute atomic E-state index is 13.9. The largest absolute Gasteiger partial charge is 0.480 e. The number of rotatable bonds is 32. The highest BCUT2D eigenvalue weighted by atomic mass is 16.4. The van der Waals surface area contributed by atoms with Gasteiger partial charge >= 0.3 is 5.97 Å². The molecule has 0 radical (unpaired) electrons. The van der Waals surface area contributed by atoms with E-state index in [1.165, 1.54) is 6.92 Å². The van der Waals surface area contributed by atoms with E-state index in [9.17, 15) is 53.4 Å². The number of hydrogen-bond acceptors (Lipinski definition) is 13. The van der Waals surface area contributed by atoms with Gasteiger partial charge in [0.05, 0.1) is 12.6 Å². The molecule has 67 heavy (non-hydrogen) atoms. The number of hydrogen-bond donors (Lipinski definition) is 13. The van der Waals surface area contributed by atoms with Crippen LogP contribution in [0.4, 0.5) is 0 Å². The topological polar surface area (TPSA) is 354 Å². The summed E-state index contributed by atoms with van der Waals surface area (Å²) >= 11 is 0. The number of carbonyl (C=O) groups is 9. The summed E-state index contributed by atoms with van der Waals surface area (Å²) in [6.45, 7) is 16.0. The molecule has 1 saturated heterocycles. The molecule has 0 aromatic heterocycles. The number of amides is 8. The van der Waals surface area contributed by atoms with Crippen molar-refractivity contribution in [2.75, 3.05) is 26.2 Å². The quantitative estimate of drug-likeness (QED) is 0.0337. The van der Waals surface area contributed by atoms with Gasteiger partial charge in [-0.3, -0.25) is 38.4 Å². The molecule has 1 rings (SSSR count). The fourth-order valence-electron chi connectivity index (χ4n) is 7.34. The van der Waals surface area contributed by atoms with Crippen LogP contribution in [0.1, 0.15) is 127 Å². The van der Waals surface area contributed by atoms with Crippen LogP contribution in [0.2, 0.25) is 0 Å². The SMILES string of the molecule is CC(C)C[C@H](NC(=O)[C@H](CO)NC(=O)[C@@H](NC(=O)[C@@H]1CCCN1)C(C)C)C(=O)N[C@@H](C)C(=O)N[C@@H](CCCCN)C(=O)N[C@H](C(=O)N[C@@H](CC(C)C)C(=O)N[C@@H](CCCCN)C(=O)O)C(C)C. The van der Waals surface area contributed by atoms with E-state index in [4.69, 9.17) is 11.5 Å². The van der Waals surface area contributed by atoms with E-state index in [1.54, 1.807) is 41.5 Å². The molecule has 22 heteroatoms. The second-order valence-electron chi connectivity index (χ2n) is 19.0. The van der Waals surface area contributed by atoms with Gasteiger partial charge in [0, 0.05) is 0 Å². The molecule has 1 fully saturated rings. The van der Waals surface area contributed by atoms with Crippen LogP contribution < -0.4 is 59.3 Å². The predicted octanol–water partition coefficient (Wildman–Crippen LogP) is -1.62. The molecule has 8 amide bonds. The minimum atomic E-state index is -1.48. The molecule has 9 atom stereocenters. The Morgan fingerprint density at radius 2 is 0.940 bits per heavy atom. The monoisotopic (exact) mass is 954 g/mol. The first-order valence-corrected chi connectivity index (χ1v) is 23.9. The molecule has 384 valence electrons. The van der Waals surface area contributed by atoms with Gasteiger partial charge in [0.2, 0.25) is 47.3 Å². The summed E-state index contributed by atoms with van der Waals surface area (Å²) in [5.74, 6) is -7.87. The molecule has 0 spiro atoms. The standard InChI is InChI=1S/C45H83N11O11/c1-24(2)21-32(52-42(63)34(23-57)54-44(65)36(27(7)8)55-38(59)29-17-14-20-48-29)40(61)49-28(9)37(58)50-30(15-10-12-18-46)39(60)56-35(26(5)6)43(64)53-33(22-25(3)4)41(62)51-31(45(66)67)16-11-13-19-47/h24-36,48,57H,10-23,46-47H2,1-9H3,(H,49,61)(H,50,58)(H,51,62)(H,52,63)(H,53,64)(H,54,65)(H,55,59)(H,56,60)(H,66,67)/t28-,29-,30-,31-,32-,33-,34-,35-,36-/m0/s1. The first-order chi connectivity index (χ1) is 31.5. The van der Waals surface area contributed by atoms with Gasteiger partial charge in [-0.1, -0.05) is 55.4 Å². The third kappa shape index (κ3) is 22.2. The number of carbonyl (C=O) groups excluding carboxylic acids is 8. The van der Waals surface area contributed by atoms with Crippen molar-refractivity contribution < 1.29 is 53.4 Å². The molecule has 1 aliphatic rings. The van der Waals surface area contributed by atoms with Crippen molar-refractivity contribution in [2.24, 2.45) is 35.1 Å². The Morgan fingerprint density at radius 3 is 1.39 bits per heavy atom. The minimum absolute atomic E-state index is 0.0847. The number of aliphatic carboxylic acids is 1. The molecule has 0 aromatic carbocycles. The maximum Gasteiger partial charge on any atom is 0.326 e. The van der Waals surface area contributed by atoms with Crippen molar-refractivity contribution in [3.63, 3.8) is 0 Å². The lowest BCUT2D eigenvalue weighted by molar-refractivity contribution is -0.142. The van der Waals surface area contributed by atoms with Gasteiger partial charge in [-0.2, -0.15) is 0 Å². The first-order valence-electron chi connectivity index (χ1n) is 23.9. The highest BCUT2D eigenvalue weighted by Crippen LogP contribution is 2.13. The van der Waals surface area contributed by atoms with Crippen LogP contribution in [0.25, 0.3) is 0 Å². The van der Waals surface area contributed by atoms with Crippen LogP contribution in [0.5, 0.6) is 0 Å². The summed E-state index contributed by atoms with van der Waals surface area (Å²) in [4.78, 5) is 120. The van der Waals surface area contributed by atoms with E-state index in [1.807, 2.05) is 13.8 Å². The second kappa shape index (κ2) is 31.2. The van der Waals surface area contributed by atoms with Gasteiger partial charge in [-0.25, -0.2) is 4.79 Å². The Balaban J connectivity index is 3.16. The molecule has 0 aromatic rings. The molecule has 0 bridgehead atoms. The number of nitrogens with one attached hydrogen (secondary N) is 9. The van der Waals surface area contributed by atoms with Gasteiger partial charge in [0.25, 0.3) is 0 Å². The van der Waals surface area contributed by atoms with Crippen LogP contribution in [-0.4, -0.2) is 144 Å². The van der Waals surface area contributed by atoms with Crippen LogP contribution in [-0.2, 0) is 43.2 Å². The number of carboxylic acid groups (broad SMARTS) is 1. The summed E-state index contributed by atoms with van der Waals surface area (Å²) < 4.78 is 0. The molecule has 0 saturated carbocycles. The van der Waals surface area contributed by atoms with Gasteiger partial charge in [0.1, 0.15) is 48.3 Å². The molecule has 0 unspecified atom stereocenters. The highest BCUT2D eigenvalue weighted by Gasteiger charge is 2.36. The van der Waals surface area contributed by atoms with E-state index in [0.29, 0.717) is 51.7 Å². The maximum atomic E-state index is 13.9. The summed E-state index contributed by atoms with van der Waals surface area (Å²) in [5.41, 5.74) is 11.2. The van der Waals surface area contributed by atoms with Crippen LogP contribution in [0.3, 0.4) is 0 Å². The zero-order valence-corrected chi connectivity index (χ0v) is 41.1. The molecular weight excluding hydrogens is 871 g/mol. The number of unbranched alkanes of at least 4 members (excludes halogenated alkanes) is 2. The molecular formula is C45H83N11O11. The lowest BCUT2D eigenvalue weighted by atomic mass is 9.98. The number of nitrogens with two attached hydrogens (primary N) is 2.